The Morgan fingerprint density at radius 1 is 1.25 bits per heavy atom. The smallest absolute Gasteiger partial charge is 0.206 e. The van der Waals surface area contributed by atoms with Gasteiger partial charge in [-0.25, -0.2) is 0 Å². The molecule has 1 atom stereocenters. The zero-order valence-electron chi connectivity index (χ0n) is 8.49. The van der Waals surface area contributed by atoms with E-state index in [1.807, 2.05) is 0 Å². The molecule has 0 aliphatic heterocycles. The number of hydrogen-bond donors (Lipinski definition) is 0. The normalized spacial score (nSPS) is 25.8. The molecule has 0 aromatic heterocycles. The Bertz CT molecular complexity index is 599. The maximum atomic E-state index is 12.1. The van der Waals surface area contributed by atoms with Crippen molar-refractivity contribution in [2.24, 2.45) is 5.92 Å². The summed E-state index contributed by atoms with van der Waals surface area (Å²) in [5.41, 5.74) is 7.13. The van der Waals surface area contributed by atoms with E-state index < -0.39 is 5.92 Å². The van der Waals surface area contributed by atoms with Crippen LogP contribution < -0.4 is 0 Å². The highest BCUT2D eigenvalue weighted by molar-refractivity contribution is 6.26. The highest BCUT2D eigenvalue weighted by atomic mass is 16.1. The van der Waals surface area contributed by atoms with E-state index >= 15 is 0 Å². The van der Waals surface area contributed by atoms with E-state index in [0.717, 1.165) is 0 Å². The fourth-order valence-corrected chi connectivity index (χ4v) is 2.15. The maximum absolute atomic E-state index is 12.1. The van der Waals surface area contributed by atoms with Crippen molar-refractivity contribution >= 4 is 11.6 Å². The average Bonchev–Trinajstić information content (AvgIpc) is 2.36. The summed E-state index contributed by atoms with van der Waals surface area (Å²) in [7, 11) is 0. The van der Waals surface area contributed by atoms with Gasteiger partial charge in [0.1, 0.15) is 0 Å². The summed E-state index contributed by atoms with van der Waals surface area (Å²) in [6.45, 7) is 0. The number of allylic oxidation sites excluding steroid dienone is 6. The Labute approximate surface area is 92.7 Å². The van der Waals surface area contributed by atoms with Crippen molar-refractivity contribution in [2.75, 3.05) is 0 Å². The molecule has 0 bridgehead atoms. The molecular formula is C14H8O2. The molecule has 0 spiro atoms. The van der Waals surface area contributed by atoms with Gasteiger partial charge in [-0.15, -0.1) is 11.5 Å². The van der Waals surface area contributed by atoms with Crippen molar-refractivity contribution in [1.29, 1.82) is 0 Å². The standard InChI is InChI=1S/C14H8O2/c15-13-9-5-1-2-6-10(9)14(16)12-8-4-3-7-11(12)13/h1-3,6,8,10H,4H2. The lowest BCUT2D eigenvalue weighted by Gasteiger charge is -2.24. The highest BCUT2D eigenvalue weighted by Gasteiger charge is 2.38. The molecule has 1 unspecified atom stereocenters. The van der Waals surface area contributed by atoms with Crippen LogP contribution in [0.25, 0.3) is 0 Å². The van der Waals surface area contributed by atoms with Crippen LogP contribution in [0, 0.1) is 5.92 Å². The minimum atomic E-state index is -0.438. The molecule has 3 rings (SSSR count). The van der Waals surface area contributed by atoms with E-state index in [-0.39, 0.29) is 11.6 Å². The predicted octanol–water partition coefficient (Wildman–Crippen LogP) is 1.82. The summed E-state index contributed by atoms with van der Waals surface area (Å²) in [5.74, 6) is -0.568. The minimum absolute atomic E-state index is 0.0120. The monoisotopic (exact) mass is 208 g/mol. The van der Waals surface area contributed by atoms with Gasteiger partial charge in [-0.3, -0.25) is 9.59 Å². The zero-order chi connectivity index (χ0) is 11.1. The minimum Gasteiger partial charge on any atom is -0.293 e. The van der Waals surface area contributed by atoms with Crippen molar-refractivity contribution in [1.82, 2.24) is 0 Å². The number of rotatable bonds is 0. The first-order valence-corrected chi connectivity index (χ1v) is 5.17. The van der Waals surface area contributed by atoms with Gasteiger partial charge in [0.15, 0.2) is 5.78 Å². The van der Waals surface area contributed by atoms with E-state index in [0.29, 0.717) is 23.1 Å². The van der Waals surface area contributed by atoms with Gasteiger partial charge in [0.25, 0.3) is 0 Å². The van der Waals surface area contributed by atoms with Gasteiger partial charge in [-0.2, -0.15) is 0 Å². The molecule has 0 saturated heterocycles. The second-order valence-corrected chi connectivity index (χ2v) is 3.86. The van der Waals surface area contributed by atoms with Crippen LogP contribution in [0.4, 0.5) is 0 Å². The van der Waals surface area contributed by atoms with Crippen molar-refractivity contribution in [3.63, 3.8) is 0 Å². The van der Waals surface area contributed by atoms with E-state index in [4.69, 9.17) is 0 Å². The van der Waals surface area contributed by atoms with Crippen LogP contribution in [-0.2, 0) is 9.59 Å². The summed E-state index contributed by atoms with van der Waals surface area (Å²) in [6.07, 6.45) is 9.42. The Kier molecular flexibility index (Phi) is 1.81. The van der Waals surface area contributed by atoms with Gasteiger partial charge in [0.05, 0.1) is 17.1 Å². The number of carbonyl (C=O) groups is 2. The zero-order valence-corrected chi connectivity index (χ0v) is 8.49. The van der Waals surface area contributed by atoms with Crippen LogP contribution in [0.5, 0.6) is 0 Å². The van der Waals surface area contributed by atoms with E-state index in [2.05, 4.69) is 11.5 Å². The predicted molar refractivity (Wildman–Crippen MR) is 58.5 cm³/mol. The third-order valence-electron chi connectivity index (χ3n) is 2.92. The Hall–Kier alpha value is -2.14. The molecule has 0 aromatic rings. The fourth-order valence-electron chi connectivity index (χ4n) is 2.15. The Morgan fingerprint density at radius 2 is 2.12 bits per heavy atom. The van der Waals surface area contributed by atoms with Gasteiger partial charge < -0.3 is 0 Å². The quantitative estimate of drug-likeness (QED) is 0.569. The molecule has 0 aromatic carbocycles. The van der Waals surface area contributed by atoms with Crippen LogP contribution in [-0.4, -0.2) is 11.6 Å². The number of ketones is 2. The molecule has 0 heterocycles. The van der Waals surface area contributed by atoms with E-state index in [9.17, 15) is 9.59 Å². The van der Waals surface area contributed by atoms with Gasteiger partial charge in [-0.05, 0) is 18.6 Å². The fraction of sp³-hybridized carbons (Fsp3) is 0.143. The van der Waals surface area contributed by atoms with Gasteiger partial charge >= 0.3 is 0 Å². The number of Topliss-reactive ketones (excluding diaryl/α,β-unsaturated/α-hetero) is 2. The molecule has 76 valence electrons. The number of hydrogen-bond acceptors (Lipinski definition) is 2. The lowest BCUT2D eigenvalue weighted by Crippen LogP contribution is -2.31. The Balaban J connectivity index is 2.27. The summed E-state index contributed by atoms with van der Waals surface area (Å²) in [4.78, 5) is 24.2. The molecule has 0 amide bonds. The van der Waals surface area contributed by atoms with Crippen molar-refractivity contribution in [2.45, 2.75) is 6.42 Å². The second-order valence-electron chi connectivity index (χ2n) is 3.86. The van der Waals surface area contributed by atoms with Gasteiger partial charge in [-0.1, -0.05) is 18.2 Å². The third kappa shape index (κ3) is 1.09. The molecule has 16 heavy (non-hydrogen) atoms. The van der Waals surface area contributed by atoms with E-state index in [1.165, 1.54) is 0 Å². The lowest BCUT2D eigenvalue weighted by molar-refractivity contribution is -0.121. The average molecular weight is 208 g/mol. The topological polar surface area (TPSA) is 34.1 Å². The van der Waals surface area contributed by atoms with Crippen molar-refractivity contribution in [3.8, 4) is 0 Å². The molecular weight excluding hydrogens is 200 g/mol. The molecule has 3 aliphatic rings. The van der Waals surface area contributed by atoms with Gasteiger partial charge in [0.2, 0.25) is 5.78 Å². The van der Waals surface area contributed by atoms with Crippen LogP contribution >= 0.6 is 0 Å². The van der Waals surface area contributed by atoms with Gasteiger partial charge in [0, 0.05) is 5.57 Å². The largest absolute Gasteiger partial charge is 0.293 e. The molecule has 0 N–H and O–H groups in total. The molecule has 2 nitrogen and oxygen atoms in total. The Morgan fingerprint density at radius 3 is 3.00 bits per heavy atom. The molecule has 2 heteroatoms. The molecule has 1 saturated carbocycles. The molecule has 1 fully saturated rings. The third-order valence-corrected chi connectivity index (χ3v) is 2.92. The first-order chi connectivity index (χ1) is 7.79. The first kappa shape index (κ1) is 9.11. The number of fused-ring (bicyclic) bond motifs is 2. The summed E-state index contributed by atoms with van der Waals surface area (Å²) in [6, 6.07) is 0. The van der Waals surface area contributed by atoms with Crippen molar-refractivity contribution in [3.05, 3.63) is 58.6 Å². The first-order valence-electron chi connectivity index (χ1n) is 5.17. The number of carbonyl (C=O) groups excluding carboxylic acids is 2. The SMILES string of the molecule is O=C1C2=C=CCC=C2C(=O)C2C=CC=C=C12. The second kappa shape index (κ2) is 3.18. The van der Waals surface area contributed by atoms with Crippen LogP contribution in [0.15, 0.2) is 58.6 Å². The maximum Gasteiger partial charge on any atom is 0.206 e. The lowest BCUT2D eigenvalue weighted by atomic mass is 9.74. The van der Waals surface area contributed by atoms with Crippen LogP contribution in [0.2, 0.25) is 0 Å². The summed E-state index contributed by atoms with van der Waals surface area (Å²) in [5, 5.41) is 0. The van der Waals surface area contributed by atoms with Crippen LogP contribution in [0.1, 0.15) is 6.42 Å². The van der Waals surface area contributed by atoms with E-state index in [1.54, 1.807) is 30.4 Å². The molecule has 0 radical (unpaired) electrons. The summed E-state index contributed by atoms with van der Waals surface area (Å²) >= 11 is 0. The van der Waals surface area contributed by atoms with Crippen LogP contribution in [0.3, 0.4) is 0 Å². The van der Waals surface area contributed by atoms with Crippen molar-refractivity contribution < 1.29 is 9.59 Å². The molecule has 3 aliphatic carbocycles. The highest BCUT2D eigenvalue weighted by Crippen LogP contribution is 2.34. The summed E-state index contributed by atoms with van der Waals surface area (Å²) < 4.78 is 0.